The van der Waals surface area contributed by atoms with Crippen molar-refractivity contribution >= 4 is 17.4 Å². The normalized spacial score (nSPS) is 13.4. The van der Waals surface area contributed by atoms with Crippen LogP contribution in [0.15, 0.2) is 78.6 Å². The van der Waals surface area contributed by atoms with Crippen molar-refractivity contribution in [1.82, 2.24) is 15.3 Å². The highest BCUT2D eigenvalue weighted by atomic mass is 16.1. The Balaban J connectivity index is 1.38. The maximum Gasteiger partial charge on any atom is 0.251 e. The average molecular weight is 399 g/mol. The summed E-state index contributed by atoms with van der Waals surface area (Å²) in [5.41, 5.74) is 4.79. The van der Waals surface area contributed by atoms with E-state index in [9.17, 15) is 4.79 Å². The summed E-state index contributed by atoms with van der Waals surface area (Å²) >= 11 is 0. The molecule has 0 saturated heterocycles. The van der Waals surface area contributed by atoms with Crippen LogP contribution in [-0.4, -0.2) is 22.4 Å². The molecule has 0 spiro atoms. The summed E-state index contributed by atoms with van der Waals surface area (Å²) in [7, 11) is 0. The lowest BCUT2D eigenvalue weighted by atomic mass is 9.97. The van der Waals surface area contributed by atoms with E-state index < -0.39 is 0 Å². The Morgan fingerprint density at radius 2 is 1.87 bits per heavy atom. The van der Waals surface area contributed by atoms with Gasteiger partial charge in [-0.3, -0.25) is 4.79 Å². The number of anilines is 2. The molecule has 5 heteroatoms. The molecule has 0 radical (unpaired) electrons. The van der Waals surface area contributed by atoms with Crippen molar-refractivity contribution in [2.75, 3.05) is 11.9 Å². The first-order valence-electron chi connectivity index (χ1n) is 10.5. The van der Waals surface area contributed by atoms with Crippen LogP contribution >= 0.6 is 0 Å². The van der Waals surface area contributed by atoms with E-state index in [1.165, 1.54) is 31.3 Å². The number of hydrogen-bond donors (Lipinski definition) is 2. The van der Waals surface area contributed by atoms with E-state index in [1.54, 1.807) is 6.33 Å². The van der Waals surface area contributed by atoms with E-state index in [1.807, 2.05) is 60.7 Å². The van der Waals surface area contributed by atoms with Crippen molar-refractivity contribution in [2.24, 2.45) is 0 Å². The molecule has 0 saturated carbocycles. The Morgan fingerprint density at radius 1 is 0.967 bits per heavy atom. The Labute approximate surface area is 177 Å². The van der Waals surface area contributed by atoms with Gasteiger partial charge in [-0.25, -0.2) is 9.97 Å². The van der Waals surface area contributed by atoms with Gasteiger partial charge in [-0.05, 0) is 50.3 Å². The number of carbonyl (C=O) groups excluding carboxylic acids is 1. The lowest BCUT2D eigenvalue weighted by molar-refractivity contribution is 0.0954. The lowest BCUT2D eigenvalue weighted by Crippen LogP contribution is -2.24. The number of aromatic nitrogens is 2. The minimum Gasteiger partial charge on any atom is -0.352 e. The first-order valence-corrected chi connectivity index (χ1v) is 10.5. The van der Waals surface area contributed by atoms with Crippen LogP contribution in [0.3, 0.4) is 0 Å². The van der Waals surface area contributed by atoms with Crippen LogP contribution in [0.4, 0.5) is 11.5 Å². The van der Waals surface area contributed by atoms with Crippen molar-refractivity contribution in [3.63, 3.8) is 0 Å². The maximum absolute atomic E-state index is 12.5. The quantitative estimate of drug-likeness (QED) is 0.515. The van der Waals surface area contributed by atoms with Gasteiger partial charge < -0.3 is 10.6 Å². The fourth-order valence-electron chi connectivity index (χ4n) is 3.65. The summed E-state index contributed by atoms with van der Waals surface area (Å²) in [5.74, 6) is 0.633. The molecule has 3 aromatic rings. The van der Waals surface area contributed by atoms with Gasteiger partial charge in [0.05, 0.1) is 5.69 Å². The van der Waals surface area contributed by atoms with Crippen LogP contribution in [-0.2, 0) is 0 Å². The first kappa shape index (κ1) is 19.8. The third kappa shape index (κ3) is 5.32. The lowest BCUT2D eigenvalue weighted by Gasteiger charge is -2.13. The van der Waals surface area contributed by atoms with Crippen LogP contribution in [0.2, 0.25) is 0 Å². The summed E-state index contributed by atoms with van der Waals surface area (Å²) in [6, 6.07) is 19.4. The van der Waals surface area contributed by atoms with Gasteiger partial charge in [0.1, 0.15) is 12.1 Å². The molecule has 2 N–H and O–H groups in total. The summed E-state index contributed by atoms with van der Waals surface area (Å²) in [6.45, 7) is 0.675. The van der Waals surface area contributed by atoms with E-state index in [2.05, 4.69) is 26.7 Å². The average Bonchev–Trinajstić information content (AvgIpc) is 2.81. The standard InChI is InChI=1S/C25H26N4O/c30-25(26-15-14-19-8-3-1-4-9-19)21-12-7-13-22(16-21)29-24-17-23(27-18-28-24)20-10-5-2-6-11-20/h2,5-8,10-13,16-18H,1,3-4,9,14-15H2,(H,26,30)(H,27,28,29). The zero-order valence-electron chi connectivity index (χ0n) is 17.0. The van der Waals surface area contributed by atoms with Gasteiger partial charge in [0, 0.05) is 29.4 Å². The molecule has 4 rings (SSSR count). The topological polar surface area (TPSA) is 66.9 Å². The Kier molecular flexibility index (Phi) is 6.50. The molecule has 0 unspecified atom stereocenters. The van der Waals surface area contributed by atoms with E-state index in [0.29, 0.717) is 17.9 Å². The molecular weight excluding hydrogens is 372 g/mol. The van der Waals surface area contributed by atoms with Crippen LogP contribution in [0.25, 0.3) is 11.3 Å². The molecular formula is C25H26N4O. The number of carbonyl (C=O) groups is 1. The summed E-state index contributed by atoms with van der Waals surface area (Å²) in [4.78, 5) is 21.2. The van der Waals surface area contributed by atoms with E-state index in [-0.39, 0.29) is 5.91 Å². The molecule has 2 aromatic carbocycles. The third-order valence-electron chi connectivity index (χ3n) is 5.25. The summed E-state index contributed by atoms with van der Waals surface area (Å²) in [6.07, 6.45) is 9.70. The first-order chi connectivity index (χ1) is 14.8. The fraction of sp³-hybridized carbons (Fsp3) is 0.240. The second-order valence-electron chi connectivity index (χ2n) is 7.47. The van der Waals surface area contributed by atoms with Crippen LogP contribution < -0.4 is 10.6 Å². The zero-order valence-corrected chi connectivity index (χ0v) is 17.0. The number of rotatable bonds is 7. The van der Waals surface area contributed by atoms with Crippen molar-refractivity contribution in [2.45, 2.75) is 32.1 Å². The number of hydrogen-bond acceptors (Lipinski definition) is 4. The van der Waals surface area contributed by atoms with Crippen molar-refractivity contribution in [3.05, 3.63) is 84.2 Å². The highest BCUT2D eigenvalue weighted by Gasteiger charge is 2.09. The highest BCUT2D eigenvalue weighted by Crippen LogP contribution is 2.22. The number of amides is 1. The second kappa shape index (κ2) is 9.83. The van der Waals surface area contributed by atoms with Crippen molar-refractivity contribution in [3.8, 4) is 11.3 Å². The van der Waals surface area contributed by atoms with Crippen LogP contribution in [0.5, 0.6) is 0 Å². The zero-order chi connectivity index (χ0) is 20.6. The predicted octanol–water partition coefficient (Wildman–Crippen LogP) is 5.51. The van der Waals surface area contributed by atoms with E-state index in [4.69, 9.17) is 0 Å². The Bertz CT molecular complexity index is 1030. The van der Waals surface area contributed by atoms with Gasteiger partial charge >= 0.3 is 0 Å². The third-order valence-corrected chi connectivity index (χ3v) is 5.25. The minimum atomic E-state index is -0.0530. The van der Waals surface area contributed by atoms with Crippen molar-refractivity contribution < 1.29 is 4.79 Å². The molecule has 0 atom stereocenters. The molecule has 0 bridgehead atoms. The van der Waals surface area contributed by atoms with Gasteiger partial charge in [0.2, 0.25) is 0 Å². The Morgan fingerprint density at radius 3 is 2.70 bits per heavy atom. The number of benzene rings is 2. The minimum absolute atomic E-state index is 0.0530. The Hall–Kier alpha value is -3.47. The molecule has 30 heavy (non-hydrogen) atoms. The van der Waals surface area contributed by atoms with Gasteiger partial charge in [-0.1, -0.05) is 48.0 Å². The molecule has 1 aliphatic carbocycles. The van der Waals surface area contributed by atoms with Gasteiger partial charge in [-0.15, -0.1) is 0 Å². The molecule has 1 aromatic heterocycles. The maximum atomic E-state index is 12.5. The van der Waals surface area contributed by atoms with Gasteiger partial charge in [0.15, 0.2) is 0 Å². The molecule has 1 amide bonds. The predicted molar refractivity (Wildman–Crippen MR) is 121 cm³/mol. The molecule has 1 aliphatic rings. The number of allylic oxidation sites excluding steroid dienone is 1. The smallest absolute Gasteiger partial charge is 0.251 e. The highest BCUT2D eigenvalue weighted by molar-refractivity contribution is 5.95. The van der Waals surface area contributed by atoms with Gasteiger partial charge in [-0.2, -0.15) is 0 Å². The molecule has 0 aliphatic heterocycles. The molecule has 152 valence electrons. The summed E-state index contributed by atoms with van der Waals surface area (Å²) in [5, 5.41) is 6.31. The SMILES string of the molecule is O=C(NCCC1=CCCCC1)c1cccc(Nc2cc(-c3ccccc3)ncn2)c1. The van der Waals surface area contributed by atoms with Crippen LogP contribution in [0.1, 0.15) is 42.5 Å². The second-order valence-corrected chi connectivity index (χ2v) is 7.47. The van der Waals surface area contributed by atoms with E-state index in [0.717, 1.165) is 23.4 Å². The number of nitrogens with zero attached hydrogens (tertiary/aromatic N) is 2. The van der Waals surface area contributed by atoms with Crippen molar-refractivity contribution in [1.29, 1.82) is 0 Å². The molecule has 0 fully saturated rings. The molecule has 5 nitrogen and oxygen atoms in total. The number of nitrogens with one attached hydrogen (secondary N) is 2. The monoisotopic (exact) mass is 398 g/mol. The summed E-state index contributed by atoms with van der Waals surface area (Å²) < 4.78 is 0. The largest absolute Gasteiger partial charge is 0.352 e. The molecule has 1 heterocycles. The van der Waals surface area contributed by atoms with Gasteiger partial charge in [0.25, 0.3) is 5.91 Å². The van der Waals surface area contributed by atoms with Crippen LogP contribution in [0, 0.1) is 0 Å². The van der Waals surface area contributed by atoms with E-state index >= 15 is 0 Å². The fourth-order valence-corrected chi connectivity index (χ4v) is 3.65.